The zero-order chi connectivity index (χ0) is 11.8. The zero-order valence-corrected chi connectivity index (χ0v) is 10.4. The van der Waals surface area contributed by atoms with E-state index in [1.807, 2.05) is 36.5 Å². The molecule has 0 aromatic rings. The first-order chi connectivity index (χ1) is 8.45. The molecule has 0 heterocycles. The molecule has 1 heteroatoms. The molecule has 0 spiro atoms. The minimum absolute atomic E-state index is 1.26. The molecule has 2 aliphatic carbocycles. The molecule has 0 saturated heterocycles. The molecule has 0 radical (unpaired) electrons. The molecular weight excluding hydrogens is 251 g/mol. The number of hydrogen-bond acceptors (Lipinski definition) is 0. The maximum absolute atomic E-state index is 2.13. The SMILES string of the molecule is C1=CC=C[C]([Ni][C]2=CC=CC=CC=C2)=CC=C1. The van der Waals surface area contributed by atoms with E-state index < -0.39 is 0 Å². The Balaban J connectivity index is 2.10. The Morgan fingerprint density at radius 1 is 0.471 bits per heavy atom. The Kier molecular flexibility index (Phi) is 4.81. The van der Waals surface area contributed by atoms with Gasteiger partial charge >= 0.3 is 109 Å². The Bertz CT molecular complexity index is 446. The van der Waals surface area contributed by atoms with Crippen molar-refractivity contribution in [1.29, 1.82) is 0 Å². The van der Waals surface area contributed by atoms with Gasteiger partial charge in [-0.1, -0.05) is 0 Å². The second-order valence-electron chi connectivity index (χ2n) is 3.37. The van der Waals surface area contributed by atoms with Crippen LogP contribution in [0.15, 0.2) is 94.2 Å². The summed E-state index contributed by atoms with van der Waals surface area (Å²) in [6.07, 6.45) is 29.0. The monoisotopic (exact) mass is 264 g/mol. The van der Waals surface area contributed by atoms with Crippen molar-refractivity contribution >= 4 is 0 Å². The van der Waals surface area contributed by atoms with Gasteiger partial charge in [-0.15, -0.1) is 0 Å². The van der Waals surface area contributed by atoms with Crippen LogP contribution < -0.4 is 0 Å². The second-order valence-corrected chi connectivity index (χ2v) is 4.76. The fourth-order valence-electron chi connectivity index (χ4n) is 1.27. The molecule has 0 unspecified atom stereocenters. The molecule has 0 bridgehead atoms. The summed E-state index contributed by atoms with van der Waals surface area (Å²) >= 11 is 1.56. The van der Waals surface area contributed by atoms with Gasteiger partial charge in [0, 0.05) is 0 Å². The second kappa shape index (κ2) is 6.88. The summed E-state index contributed by atoms with van der Waals surface area (Å²) < 4.78 is 2.51. The van der Waals surface area contributed by atoms with E-state index in [2.05, 4.69) is 48.6 Å². The standard InChI is InChI=1S/2C8H7.Ni/c2*1-2-4-6-8-7-5-3-1;/h2*1-7H;. The molecule has 0 aliphatic heterocycles. The average molecular weight is 265 g/mol. The molecule has 0 atom stereocenters. The van der Waals surface area contributed by atoms with Gasteiger partial charge < -0.3 is 0 Å². The van der Waals surface area contributed by atoms with Crippen molar-refractivity contribution in [2.24, 2.45) is 0 Å². The molecular formula is C16H14Ni. The third-order valence-corrected chi connectivity index (χ3v) is 3.28. The van der Waals surface area contributed by atoms with E-state index in [1.165, 1.54) is 9.09 Å². The summed E-state index contributed by atoms with van der Waals surface area (Å²) in [5, 5.41) is 0. The van der Waals surface area contributed by atoms with E-state index in [9.17, 15) is 0 Å². The van der Waals surface area contributed by atoms with Gasteiger partial charge in [0.15, 0.2) is 0 Å². The number of hydrogen-bond donors (Lipinski definition) is 0. The molecule has 0 aromatic heterocycles. The van der Waals surface area contributed by atoms with Gasteiger partial charge in [-0.25, -0.2) is 0 Å². The van der Waals surface area contributed by atoms with Gasteiger partial charge in [-0.3, -0.25) is 0 Å². The van der Waals surface area contributed by atoms with Crippen molar-refractivity contribution < 1.29 is 14.4 Å². The van der Waals surface area contributed by atoms with Crippen LogP contribution in [0.1, 0.15) is 0 Å². The Hall–Kier alpha value is -1.59. The Morgan fingerprint density at radius 2 is 0.882 bits per heavy atom. The van der Waals surface area contributed by atoms with Crippen molar-refractivity contribution in [3.05, 3.63) is 94.2 Å². The van der Waals surface area contributed by atoms with Crippen molar-refractivity contribution in [3.8, 4) is 0 Å². The third-order valence-electron chi connectivity index (χ3n) is 2.05. The molecule has 17 heavy (non-hydrogen) atoms. The van der Waals surface area contributed by atoms with Gasteiger partial charge in [0.1, 0.15) is 0 Å². The molecule has 0 saturated carbocycles. The molecule has 0 fully saturated rings. The van der Waals surface area contributed by atoms with E-state index in [0.29, 0.717) is 0 Å². The van der Waals surface area contributed by atoms with Crippen LogP contribution in [-0.2, 0) is 14.4 Å². The molecule has 2 rings (SSSR count). The van der Waals surface area contributed by atoms with Crippen LogP contribution in [0.25, 0.3) is 0 Å². The van der Waals surface area contributed by atoms with Gasteiger partial charge in [0.25, 0.3) is 0 Å². The fraction of sp³-hybridized carbons (Fsp3) is 0. The summed E-state index contributed by atoms with van der Waals surface area (Å²) in [7, 11) is 0. The van der Waals surface area contributed by atoms with Crippen LogP contribution in [0.3, 0.4) is 0 Å². The number of rotatable bonds is 2. The summed E-state index contributed by atoms with van der Waals surface area (Å²) in [6.45, 7) is 0. The van der Waals surface area contributed by atoms with Crippen molar-refractivity contribution in [2.45, 2.75) is 0 Å². The Labute approximate surface area is 109 Å². The molecule has 0 amide bonds. The van der Waals surface area contributed by atoms with Crippen LogP contribution in [0.5, 0.6) is 0 Å². The van der Waals surface area contributed by atoms with Crippen LogP contribution in [-0.4, -0.2) is 0 Å². The summed E-state index contributed by atoms with van der Waals surface area (Å²) in [5.74, 6) is 0. The van der Waals surface area contributed by atoms with Crippen molar-refractivity contribution in [3.63, 3.8) is 0 Å². The van der Waals surface area contributed by atoms with Crippen LogP contribution in [0.2, 0.25) is 0 Å². The molecule has 2 aliphatic rings. The predicted molar refractivity (Wildman–Crippen MR) is 71.0 cm³/mol. The topological polar surface area (TPSA) is 0 Å². The van der Waals surface area contributed by atoms with E-state index in [1.54, 1.807) is 14.4 Å². The quantitative estimate of drug-likeness (QED) is 0.656. The zero-order valence-electron chi connectivity index (χ0n) is 9.40. The summed E-state index contributed by atoms with van der Waals surface area (Å²) in [5.41, 5.74) is 0. The predicted octanol–water partition coefficient (Wildman–Crippen LogP) is 4.20. The van der Waals surface area contributed by atoms with Gasteiger partial charge in [0.05, 0.1) is 0 Å². The first-order valence-corrected chi connectivity index (χ1v) is 6.46. The molecule has 0 nitrogen and oxygen atoms in total. The van der Waals surface area contributed by atoms with Gasteiger partial charge in [0.2, 0.25) is 0 Å². The minimum atomic E-state index is 1.26. The molecule has 88 valence electrons. The van der Waals surface area contributed by atoms with E-state index >= 15 is 0 Å². The number of allylic oxidation sites excluding steroid dienone is 16. The maximum atomic E-state index is 2.13. The van der Waals surface area contributed by atoms with Crippen molar-refractivity contribution in [1.82, 2.24) is 0 Å². The van der Waals surface area contributed by atoms with E-state index in [4.69, 9.17) is 0 Å². The van der Waals surface area contributed by atoms with Gasteiger partial charge in [-0.05, 0) is 0 Å². The summed E-state index contributed by atoms with van der Waals surface area (Å²) in [6, 6.07) is 0. The van der Waals surface area contributed by atoms with Crippen LogP contribution >= 0.6 is 0 Å². The third kappa shape index (κ3) is 4.42. The van der Waals surface area contributed by atoms with Gasteiger partial charge in [-0.2, -0.15) is 0 Å². The fourth-order valence-corrected chi connectivity index (χ4v) is 2.31. The first kappa shape index (κ1) is 11.9. The first-order valence-electron chi connectivity index (χ1n) is 5.47. The molecule has 0 aromatic carbocycles. The van der Waals surface area contributed by atoms with Crippen LogP contribution in [0, 0.1) is 0 Å². The van der Waals surface area contributed by atoms with Crippen molar-refractivity contribution in [2.75, 3.05) is 0 Å². The summed E-state index contributed by atoms with van der Waals surface area (Å²) in [4.78, 5) is 0. The van der Waals surface area contributed by atoms with E-state index in [0.717, 1.165) is 0 Å². The van der Waals surface area contributed by atoms with E-state index in [-0.39, 0.29) is 0 Å². The molecule has 0 N–H and O–H groups in total. The normalized spacial score (nSPS) is 18.4. The van der Waals surface area contributed by atoms with Crippen LogP contribution in [0.4, 0.5) is 0 Å². The average Bonchev–Trinajstić information content (AvgIpc) is 2.24. The Morgan fingerprint density at radius 3 is 1.41 bits per heavy atom.